The fourth-order valence-electron chi connectivity index (χ4n) is 1.19. The van der Waals surface area contributed by atoms with E-state index in [0.717, 1.165) is 0 Å². The molecule has 0 saturated heterocycles. The number of carbonyl (C=O) groups excluding carboxylic acids is 2. The quantitative estimate of drug-likeness (QED) is 0.568. The van der Waals surface area contributed by atoms with Gasteiger partial charge in [0.25, 0.3) is 5.91 Å². The van der Waals surface area contributed by atoms with Gasteiger partial charge in [0.05, 0.1) is 5.60 Å². The zero-order valence-corrected chi connectivity index (χ0v) is 9.21. The van der Waals surface area contributed by atoms with Crippen molar-refractivity contribution in [3.05, 3.63) is 0 Å². The molecular weight excluding hydrogens is 198 g/mol. The van der Waals surface area contributed by atoms with Crippen LogP contribution in [0.2, 0.25) is 0 Å². The Labute approximate surface area is 89.3 Å². The second kappa shape index (κ2) is 6.36. The summed E-state index contributed by atoms with van der Waals surface area (Å²) < 4.78 is 5.40. The predicted octanol–water partition coefficient (Wildman–Crippen LogP) is -0.285. The molecule has 0 aliphatic carbocycles. The second-order valence-corrected chi connectivity index (χ2v) is 3.30. The third-order valence-electron chi connectivity index (χ3n) is 2.43. The Hall–Kier alpha value is -1.14. The van der Waals surface area contributed by atoms with Gasteiger partial charge in [-0.15, -0.1) is 0 Å². The lowest BCUT2D eigenvalue weighted by Crippen LogP contribution is -2.44. The summed E-state index contributed by atoms with van der Waals surface area (Å²) in [5, 5.41) is 1.92. The highest BCUT2D eigenvalue weighted by molar-refractivity contribution is 5.94. The first kappa shape index (κ1) is 13.9. The lowest BCUT2D eigenvalue weighted by molar-refractivity contribution is -0.132. The van der Waals surface area contributed by atoms with Crippen LogP contribution in [-0.2, 0) is 9.53 Å². The molecule has 0 radical (unpaired) electrons. The summed E-state index contributed by atoms with van der Waals surface area (Å²) in [6, 6.07) is -0.880. The number of nitrogens with one attached hydrogen (secondary N) is 1. The fraction of sp³-hybridized carbons (Fsp3) is 0.778. The van der Waals surface area contributed by atoms with Crippen molar-refractivity contribution in [1.82, 2.24) is 5.32 Å². The predicted molar refractivity (Wildman–Crippen MR) is 56.0 cm³/mol. The molecule has 3 amide bonds. The van der Waals surface area contributed by atoms with Crippen LogP contribution in [0.4, 0.5) is 4.79 Å². The van der Waals surface area contributed by atoms with Gasteiger partial charge in [-0.1, -0.05) is 13.8 Å². The number of primary amides is 1. The van der Waals surface area contributed by atoms with E-state index in [1.807, 2.05) is 19.2 Å². The summed E-state index contributed by atoms with van der Waals surface area (Å²) in [6.07, 6.45) is 1.42. The molecule has 0 aromatic heterocycles. The van der Waals surface area contributed by atoms with Crippen LogP contribution in [0.15, 0.2) is 0 Å². The molecule has 0 aliphatic rings. The van der Waals surface area contributed by atoms with E-state index in [-0.39, 0.29) is 6.61 Å². The van der Waals surface area contributed by atoms with Gasteiger partial charge in [-0.2, -0.15) is 0 Å². The monoisotopic (exact) mass is 217 g/mol. The number of carbonyl (C=O) groups is 2. The van der Waals surface area contributed by atoms with Gasteiger partial charge >= 0.3 is 6.03 Å². The smallest absolute Gasteiger partial charge is 0.318 e. The highest BCUT2D eigenvalue weighted by Gasteiger charge is 2.26. The highest BCUT2D eigenvalue weighted by Crippen LogP contribution is 2.18. The molecule has 6 heteroatoms. The number of hydrogen-bond acceptors (Lipinski definition) is 4. The lowest BCUT2D eigenvalue weighted by Gasteiger charge is -2.29. The van der Waals surface area contributed by atoms with Crippen molar-refractivity contribution in [1.29, 1.82) is 0 Å². The van der Waals surface area contributed by atoms with Crippen LogP contribution in [0.5, 0.6) is 0 Å². The SMILES string of the molecule is CCC(CC)(CN)OCC(=O)NC(N)=O. The van der Waals surface area contributed by atoms with E-state index in [2.05, 4.69) is 0 Å². The van der Waals surface area contributed by atoms with E-state index in [0.29, 0.717) is 19.4 Å². The Morgan fingerprint density at radius 3 is 2.20 bits per heavy atom. The van der Waals surface area contributed by atoms with Crippen LogP contribution in [0.3, 0.4) is 0 Å². The molecule has 6 nitrogen and oxygen atoms in total. The number of hydrogen-bond donors (Lipinski definition) is 3. The zero-order valence-electron chi connectivity index (χ0n) is 9.21. The van der Waals surface area contributed by atoms with Crippen LogP contribution in [0.25, 0.3) is 0 Å². The normalized spacial score (nSPS) is 11.1. The van der Waals surface area contributed by atoms with Crippen LogP contribution in [-0.4, -0.2) is 30.7 Å². The highest BCUT2D eigenvalue weighted by atomic mass is 16.5. The van der Waals surface area contributed by atoms with Crippen molar-refractivity contribution in [2.24, 2.45) is 11.5 Å². The van der Waals surface area contributed by atoms with Crippen molar-refractivity contribution in [3.8, 4) is 0 Å². The number of ether oxygens (including phenoxy) is 1. The minimum atomic E-state index is -0.880. The van der Waals surface area contributed by atoms with Crippen LogP contribution >= 0.6 is 0 Å². The van der Waals surface area contributed by atoms with E-state index in [1.165, 1.54) is 0 Å². The molecule has 0 atom stereocenters. The van der Waals surface area contributed by atoms with Crippen molar-refractivity contribution >= 4 is 11.9 Å². The maximum absolute atomic E-state index is 11.1. The van der Waals surface area contributed by atoms with Gasteiger partial charge in [-0.3, -0.25) is 10.1 Å². The van der Waals surface area contributed by atoms with Gasteiger partial charge in [0, 0.05) is 6.54 Å². The molecule has 0 saturated carbocycles. The van der Waals surface area contributed by atoms with E-state index < -0.39 is 17.5 Å². The Morgan fingerprint density at radius 2 is 1.87 bits per heavy atom. The molecule has 0 heterocycles. The maximum atomic E-state index is 11.1. The Morgan fingerprint density at radius 1 is 1.33 bits per heavy atom. The van der Waals surface area contributed by atoms with E-state index >= 15 is 0 Å². The minimum absolute atomic E-state index is 0.207. The van der Waals surface area contributed by atoms with Crippen LogP contribution < -0.4 is 16.8 Å². The average Bonchev–Trinajstić information content (AvgIpc) is 2.20. The minimum Gasteiger partial charge on any atom is -0.364 e. The number of imide groups is 1. The molecule has 0 aliphatic heterocycles. The first-order valence-electron chi connectivity index (χ1n) is 4.93. The molecule has 15 heavy (non-hydrogen) atoms. The first-order valence-corrected chi connectivity index (χ1v) is 4.93. The molecule has 0 unspecified atom stereocenters. The Balaban J connectivity index is 4.10. The van der Waals surface area contributed by atoms with Gasteiger partial charge in [0.15, 0.2) is 0 Å². The number of rotatable bonds is 6. The molecule has 0 bridgehead atoms. The van der Waals surface area contributed by atoms with E-state index in [1.54, 1.807) is 0 Å². The van der Waals surface area contributed by atoms with E-state index in [9.17, 15) is 9.59 Å². The molecule has 0 aromatic carbocycles. The number of urea groups is 1. The molecule has 0 rings (SSSR count). The summed E-state index contributed by atoms with van der Waals surface area (Å²) in [5.74, 6) is -0.553. The van der Waals surface area contributed by atoms with Gasteiger partial charge in [0.2, 0.25) is 0 Å². The van der Waals surface area contributed by atoms with Gasteiger partial charge < -0.3 is 16.2 Å². The molecular formula is C9H19N3O3. The molecule has 0 spiro atoms. The van der Waals surface area contributed by atoms with Crippen molar-refractivity contribution in [3.63, 3.8) is 0 Å². The van der Waals surface area contributed by atoms with Gasteiger partial charge in [-0.05, 0) is 12.8 Å². The molecule has 88 valence electrons. The standard InChI is InChI=1S/C9H19N3O3/c1-3-9(4-2,6-10)15-5-7(13)12-8(11)14/h3-6,10H2,1-2H3,(H3,11,12,13,14). The fourth-order valence-corrected chi connectivity index (χ4v) is 1.19. The molecule has 0 aromatic rings. The van der Waals surface area contributed by atoms with Gasteiger partial charge in [0.1, 0.15) is 6.61 Å². The van der Waals surface area contributed by atoms with Crippen molar-refractivity contribution < 1.29 is 14.3 Å². The lowest BCUT2D eigenvalue weighted by atomic mass is 9.97. The Kier molecular flexibility index (Phi) is 5.88. The largest absolute Gasteiger partial charge is 0.364 e. The summed E-state index contributed by atoms with van der Waals surface area (Å²) in [7, 11) is 0. The third kappa shape index (κ3) is 4.75. The number of nitrogens with two attached hydrogens (primary N) is 2. The second-order valence-electron chi connectivity index (χ2n) is 3.30. The van der Waals surface area contributed by atoms with Crippen molar-refractivity contribution in [2.75, 3.05) is 13.2 Å². The van der Waals surface area contributed by atoms with Gasteiger partial charge in [-0.25, -0.2) is 4.79 Å². The summed E-state index contributed by atoms with van der Waals surface area (Å²) in [4.78, 5) is 21.4. The van der Waals surface area contributed by atoms with Crippen LogP contribution in [0.1, 0.15) is 26.7 Å². The molecule has 0 fully saturated rings. The van der Waals surface area contributed by atoms with Crippen molar-refractivity contribution in [2.45, 2.75) is 32.3 Å². The summed E-state index contributed by atoms with van der Waals surface area (Å²) in [5.41, 5.74) is 9.86. The first-order chi connectivity index (χ1) is 6.99. The topological polar surface area (TPSA) is 107 Å². The number of amides is 3. The maximum Gasteiger partial charge on any atom is 0.318 e. The van der Waals surface area contributed by atoms with E-state index in [4.69, 9.17) is 16.2 Å². The average molecular weight is 217 g/mol. The van der Waals surface area contributed by atoms with Crippen LogP contribution in [0, 0.1) is 0 Å². The molecule has 5 N–H and O–H groups in total. The Bertz CT molecular complexity index is 218. The summed E-state index contributed by atoms with van der Waals surface area (Å²) in [6.45, 7) is 4.00. The third-order valence-corrected chi connectivity index (χ3v) is 2.43. The summed E-state index contributed by atoms with van der Waals surface area (Å²) >= 11 is 0. The zero-order chi connectivity index (χ0) is 11.9.